The van der Waals surface area contributed by atoms with E-state index in [1.165, 1.54) is 0 Å². The third-order valence-electron chi connectivity index (χ3n) is 3.57. The van der Waals surface area contributed by atoms with Gasteiger partial charge in [0, 0.05) is 5.92 Å². The van der Waals surface area contributed by atoms with E-state index in [2.05, 4.69) is 12.2 Å². The van der Waals surface area contributed by atoms with Gasteiger partial charge in [-0.1, -0.05) is 67.6 Å². The van der Waals surface area contributed by atoms with Gasteiger partial charge in [-0.2, -0.15) is 0 Å². The van der Waals surface area contributed by atoms with Gasteiger partial charge in [0.05, 0.1) is 6.04 Å². The Balaban J connectivity index is 2.42. The van der Waals surface area contributed by atoms with Crippen molar-refractivity contribution in [2.24, 2.45) is 5.73 Å². The molecule has 1 atom stereocenters. The first-order valence-corrected chi connectivity index (χ1v) is 7.36. The van der Waals surface area contributed by atoms with Crippen LogP contribution in [0.25, 0.3) is 0 Å². The van der Waals surface area contributed by atoms with Gasteiger partial charge < -0.3 is 11.1 Å². The summed E-state index contributed by atoms with van der Waals surface area (Å²) in [5.41, 5.74) is 7.84. The zero-order valence-electron chi connectivity index (χ0n) is 12.3. The number of hydrogen-bond acceptors (Lipinski definition) is 2. The number of hydrogen-bond donors (Lipinski definition) is 2. The summed E-state index contributed by atoms with van der Waals surface area (Å²) in [6.07, 6.45) is 0.958. The summed E-state index contributed by atoms with van der Waals surface area (Å²) in [7, 11) is 0. The van der Waals surface area contributed by atoms with Crippen molar-refractivity contribution in [3.8, 4) is 0 Å². The fraction of sp³-hybridized carbons (Fsp3) is 0.278. The van der Waals surface area contributed by atoms with E-state index in [1.807, 2.05) is 60.7 Å². The Hall–Kier alpha value is -2.13. The van der Waals surface area contributed by atoms with Crippen molar-refractivity contribution in [3.63, 3.8) is 0 Å². The third kappa shape index (κ3) is 3.92. The van der Waals surface area contributed by atoms with Gasteiger partial charge in [0.2, 0.25) is 5.91 Å². The molecule has 0 aliphatic rings. The van der Waals surface area contributed by atoms with Crippen molar-refractivity contribution in [1.29, 1.82) is 0 Å². The molecule has 0 saturated heterocycles. The number of rotatable bonds is 7. The molecule has 0 fully saturated rings. The first kappa shape index (κ1) is 15.3. The average Bonchev–Trinajstić information content (AvgIpc) is 2.53. The van der Waals surface area contributed by atoms with Gasteiger partial charge in [0.1, 0.15) is 0 Å². The summed E-state index contributed by atoms with van der Waals surface area (Å²) in [6.45, 7) is 2.84. The van der Waals surface area contributed by atoms with E-state index >= 15 is 0 Å². The normalized spacial score (nSPS) is 12.3. The Morgan fingerprint density at radius 3 is 1.86 bits per heavy atom. The number of carbonyl (C=O) groups excluding carboxylic acids is 1. The second kappa shape index (κ2) is 7.60. The van der Waals surface area contributed by atoms with Gasteiger partial charge in [-0.15, -0.1) is 0 Å². The van der Waals surface area contributed by atoms with E-state index in [4.69, 9.17) is 5.73 Å². The molecule has 0 saturated carbocycles. The zero-order valence-corrected chi connectivity index (χ0v) is 12.3. The molecule has 110 valence electrons. The Kier molecular flexibility index (Phi) is 5.52. The van der Waals surface area contributed by atoms with E-state index in [-0.39, 0.29) is 11.8 Å². The molecule has 21 heavy (non-hydrogen) atoms. The maximum Gasteiger partial charge on any atom is 0.235 e. The highest BCUT2D eigenvalue weighted by Gasteiger charge is 2.28. The van der Waals surface area contributed by atoms with Gasteiger partial charge in [-0.05, 0) is 24.1 Å². The summed E-state index contributed by atoms with van der Waals surface area (Å²) < 4.78 is 0. The monoisotopic (exact) mass is 282 g/mol. The third-order valence-corrected chi connectivity index (χ3v) is 3.57. The molecule has 0 bridgehead atoms. The lowest BCUT2D eigenvalue weighted by atomic mass is 9.84. The molecular weight excluding hydrogens is 260 g/mol. The highest BCUT2D eigenvalue weighted by atomic mass is 16.1. The molecule has 2 aromatic carbocycles. The van der Waals surface area contributed by atoms with Crippen LogP contribution in [0.5, 0.6) is 0 Å². The van der Waals surface area contributed by atoms with E-state index in [1.54, 1.807) is 0 Å². The Bertz CT molecular complexity index is 514. The van der Waals surface area contributed by atoms with Crippen LogP contribution in [0.2, 0.25) is 0 Å². The number of amides is 1. The van der Waals surface area contributed by atoms with Gasteiger partial charge in [0.15, 0.2) is 0 Å². The Morgan fingerprint density at radius 1 is 1.00 bits per heavy atom. The van der Waals surface area contributed by atoms with E-state index in [9.17, 15) is 4.79 Å². The summed E-state index contributed by atoms with van der Waals surface area (Å²) in [5.74, 6) is -0.391. The minimum atomic E-state index is -0.408. The highest BCUT2D eigenvalue weighted by Crippen LogP contribution is 2.28. The van der Waals surface area contributed by atoms with Crippen LogP contribution in [0.15, 0.2) is 60.7 Å². The van der Waals surface area contributed by atoms with Crippen LogP contribution in [0, 0.1) is 0 Å². The fourth-order valence-corrected chi connectivity index (χ4v) is 2.58. The van der Waals surface area contributed by atoms with Crippen molar-refractivity contribution < 1.29 is 4.79 Å². The fourth-order valence-electron chi connectivity index (χ4n) is 2.58. The molecule has 0 radical (unpaired) electrons. The number of nitrogens with one attached hydrogen (secondary N) is 1. The van der Waals surface area contributed by atoms with Crippen molar-refractivity contribution in [2.45, 2.75) is 25.3 Å². The SMILES string of the molecule is CCCNC(C(N)=O)C(c1ccccc1)c1ccccc1. The summed E-state index contributed by atoms with van der Waals surface area (Å²) in [4.78, 5) is 12.0. The second-order valence-electron chi connectivity index (χ2n) is 5.13. The van der Waals surface area contributed by atoms with Gasteiger partial charge in [-0.3, -0.25) is 4.79 Å². The molecule has 0 aliphatic heterocycles. The molecular formula is C18H22N2O. The molecule has 1 unspecified atom stereocenters. The maximum absolute atomic E-state index is 12.0. The number of primary amides is 1. The van der Waals surface area contributed by atoms with Crippen LogP contribution in [-0.2, 0) is 4.79 Å². The summed E-state index contributed by atoms with van der Waals surface area (Å²) in [5, 5.41) is 3.29. The molecule has 0 heterocycles. The van der Waals surface area contributed by atoms with Gasteiger partial charge in [-0.25, -0.2) is 0 Å². The number of nitrogens with two attached hydrogens (primary N) is 1. The van der Waals surface area contributed by atoms with E-state index in [0.717, 1.165) is 24.1 Å². The lowest BCUT2D eigenvalue weighted by Gasteiger charge is -2.26. The summed E-state index contributed by atoms with van der Waals surface area (Å²) >= 11 is 0. The van der Waals surface area contributed by atoms with Crippen LogP contribution >= 0.6 is 0 Å². The lowest BCUT2D eigenvalue weighted by Crippen LogP contribution is -2.46. The molecule has 3 N–H and O–H groups in total. The topological polar surface area (TPSA) is 55.1 Å². The molecule has 3 nitrogen and oxygen atoms in total. The predicted octanol–water partition coefficient (Wildman–Crippen LogP) is 2.67. The van der Waals surface area contributed by atoms with Gasteiger partial charge in [0.25, 0.3) is 0 Å². The first-order chi connectivity index (χ1) is 10.2. The van der Waals surface area contributed by atoms with Crippen LogP contribution in [0.1, 0.15) is 30.4 Å². The van der Waals surface area contributed by atoms with Crippen molar-refractivity contribution in [3.05, 3.63) is 71.8 Å². The first-order valence-electron chi connectivity index (χ1n) is 7.36. The van der Waals surface area contributed by atoms with Crippen molar-refractivity contribution >= 4 is 5.91 Å². The molecule has 1 amide bonds. The maximum atomic E-state index is 12.0. The Labute approximate surface area is 126 Å². The summed E-state index contributed by atoms with van der Waals surface area (Å²) in [6, 6.07) is 19.7. The van der Waals surface area contributed by atoms with Crippen molar-refractivity contribution in [1.82, 2.24) is 5.32 Å². The van der Waals surface area contributed by atoms with E-state index in [0.29, 0.717) is 0 Å². The molecule has 3 heteroatoms. The van der Waals surface area contributed by atoms with E-state index < -0.39 is 6.04 Å². The van der Waals surface area contributed by atoms with Crippen LogP contribution in [0.3, 0.4) is 0 Å². The molecule has 0 aliphatic carbocycles. The smallest absolute Gasteiger partial charge is 0.235 e. The quantitative estimate of drug-likeness (QED) is 0.820. The predicted molar refractivity (Wildman–Crippen MR) is 86.0 cm³/mol. The minimum absolute atomic E-state index is 0.0727. The minimum Gasteiger partial charge on any atom is -0.368 e. The number of benzene rings is 2. The Morgan fingerprint density at radius 2 is 1.48 bits per heavy atom. The average molecular weight is 282 g/mol. The molecule has 2 aromatic rings. The van der Waals surface area contributed by atoms with Crippen LogP contribution < -0.4 is 11.1 Å². The molecule has 0 spiro atoms. The highest BCUT2D eigenvalue weighted by molar-refractivity contribution is 5.82. The van der Waals surface area contributed by atoms with Gasteiger partial charge >= 0.3 is 0 Å². The zero-order chi connectivity index (χ0) is 15.1. The van der Waals surface area contributed by atoms with Crippen LogP contribution in [0.4, 0.5) is 0 Å². The second-order valence-corrected chi connectivity index (χ2v) is 5.13. The lowest BCUT2D eigenvalue weighted by molar-refractivity contribution is -0.120. The van der Waals surface area contributed by atoms with Crippen LogP contribution in [-0.4, -0.2) is 18.5 Å². The van der Waals surface area contributed by atoms with Crippen molar-refractivity contribution in [2.75, 3.05) is 6.54 Å². The molecule has 0 aromatic heterocycles. The largest absolute Gasteiger partial charge is 0.368 e. The molecule has 2 rings (SSSR count). The number of carbonyl (C=O) groups is 1. The standard InChI is InChI=1S/C18H22N2O/c1-2-13-20-17(18(19)21)16(14-9-5-3-6-10-14)15-11-7-4-8-12-15/h3-12,16-17,20H,2,13H2,1H3,(H2,19,21).